The van der Waals surface area contributed by atoms with Gasteiger partial charge in [0.25, 0.3) is 0 Å². The Balaban J connectivity index is 2.12. The van der Waals surface area contributed by atoms with Crippen LogP contribution < -0.4 is 0 Å². The summed E-state index contributed by atoms with van der Waals surface area (Å²) in [4.78, 5) is 12.0. The van der Waals surface area contributed by atoms with Crippen molar-refractivity contribution in [1.29, 1.82) is 0 Å². The molecule has 5 atom stereocenters. The molecular weight excluding hydrogens is 344 g/mol. The van der Waals surface area contributed by atoms with Gasteiger partial charge in [-0.1, -0.05) is 61.0 Å². The fraction of sp³-hybridized carbons (Fsp3) is 0.611. The average molecular weight is 369 g/mol. The summed E-state index contributed by atoms with van der Waals surface area (Å²) in [6.45, 7) is 6.49. The van der Waals surface area contributed by atoms with Gasteiger partial charge in [-0.2, -0.15) is 0 Å². The fourth-order valence-electron chi connectivity index (χ4n) is 3.15. The van der Waals surface area contributed by atoms with Crippen molar-refractivity contribution >= 4 is 21.9 Å². The maximum atomic E-state index is 12.0. The van der Waals surface area contributed by atoms with Gasteiger partial charge in [-0.05, 0) is 35.3 Å². The van der Waals surface area contributed by atoms with Crippen molar-refractivity contribution in [3.05, 3.63) is 35.4 Å². The van der Waals surface area contributed by atoms with Gasteiger partial charge in [-0.15, -0.1) is 0 Å². The maximum absolute atomic E-state index is 12.0. The summed E-state index contributed by atoms with van der Waals surface area (Å²) in [5.41, 5.74) is 2.50. The summed E-state index contributed by atoms with van der Waals surface area (Å²) in [6.07, 6.45) is 0.419. The van der Waals surface area contributed by atoms with Crippen LogP contribution in [0.25, 0.3) is 0 Å². The van der Waals surface area contributed by atoms with E-state index < -0.39 is 6.10 Å². The quantitative estimate of drug-likeness (QED) is 0.595. The van der Waals surface area contributed by atoms with Gasteiger partial charge in [0.05, 0.1) is 13.2 Å². The van der Waals surface area contributed by atoms with Gasteiger partial charge in [-0.3, -0.25) is 0 Å². The van der Waals surface area contributed by atoms with Crippen LogP contribution in [0.2, 0.25) is 0 Å². The lowest BCUT2D eigenvalue weighted by Gasteiger charge is -2.42. The molecule has 1 saturated heterocycles. The van der Waals surface area contributed by atoms with Gasteiger partial charge in [0.1, 0.15) is 0 Å². The van der Waals surface area contributed by atoms with Crippen LogP contribution in [0, 0.1) is 17.8 Å². The normalized spacial score (nSPS) is 31.8. The second kappa shape index (κ2) is 7.60. The number of methoxy groups -OCH3 is 1. The molecule has 0 saturated carbocycles. The van der Waals surface area contributed by atoms with Crippen LogP contribution in [0.3, 0.4) is 0 Å². The second-order valence-electron chi connectivity index (χ2n) is 6.35. The minimum atomic E-state index is -0.456. The molecule has 1 aliphatic rings. The van der Waals surface area contributed by atoms with Crippen molar-refractivity contribution in [2.45, 2.75) is 44.7 Å². The first-order valence-corrected chi connectivity index (χ1v) is 8.97. The Kier molecular flexibility index (Phi) is 6.04. The van der Waals surface area contributed by atoms with Crippen molar-refractivity contribution in [2.24, 2.45) is 17.8 Å². The summed E-state index contributed by atoms with van der Waals surface area (Å²) in [5.74, 6) is 0.747. The first-order valence-electron chi connectivity index (χ1n) is 7.85. The van der Waals surface area contributed by atoms with Crippen molar-refractivity contribution in [2.75, 3.05) is 7.11 Å². The summed E-state index contributed by atoms with van der Waals surface area (Å²) >= 11 is 3.46. The number of ether oxygens (including phenoxy) is 2. The molecule has 0 amide bonds. The van der Waals surface area contributed by atoms with Gasteiger partial charge in [-0.25, -0.2) is 4.79 Å². The Labute approximate surface area is 141 Å². The Morgan fingerprint density at radius 1 is 1.09 bits per heavy atom. The number of hydrogen-bond donors (Lipinski definition) is 0. The Hall–Kier alpha value is -0.870. The van der Waals surface area contributed by atoms with E-state index in [1.165, 1.54) is 18.2 Å². The molecule has 1 aromatic carbocycles. The molecule has 0 radical (unpaired) electrons. The first kappa shape index (κ1) is 17.5. The second-order valence-corrected chi connectivity index (χ2v) is 6.91. The molecule has 2 rings (SSSR count). The summed E-state index contributed by atoms with van der Waals surface area (Å²) in [7, 11) is 1.43. The molecule has 0 N–H and O–H groups in total. The molecule has 0 aliphatic carbocycles. The van der Waals surface area contributed by atoms with Crippen LogP contribution >= 0.6 is 15.9 Å². The predicted molar refractivity (Wildman–Crippen MR) is 90.9 cm³/mol. The van der Waals surface area contributed by atoms with E-state index in [1.54, 1.807) is 0 Å². The number of hydrogen-bond acceptors (Lipinski definition) is 3. The molecule has 1 heterocycles. The molecule has 0 bridgehead atoms. The van der Waals surface area contributed by atoms with E-state index in [9.17, 15) is 4.79 Å². The van der Waals surface area contributed by atoms with Crippen molar-refractivity contribution in [3.8, 4) is 0 Å². The summed E-state index contributed by atoms with van der Waals surface area (Å²) < 4.78 is 11.0. The molecule has 22 heavy (non-hydrogen) atoms. The number of alkyl halides is 1. The van der Waals surface area contributed by atoms with Crippen LogP contribution in [0.5, 0.6) is 0 Å². The third-order valence-corrected chi connectivity index (χ3v) is 5.74. The standard InChI is InChI=1S/C18H25BrO3/c1-11-12(2)16(22-17(13(11)3)18(20)21-4)9-14-5-7-15(10-19)8-6-14/h5-8,11-13,16-17H,9-10H2,1-4H3/t11-,12?,13+,16+,17?/m1/s1. The smallest absolute Gasteiger partial charge is 0.335 e. The van der Waals surface area contributed by atoms with Crippen LogP contribution in [-0.2, 0) is 26.0 Å². The third-order valence-electron chi connectivity index (χ3n) is 5.09. The zero-order chi connectivity index (χ0) is 16.3. The van der Waals surface area contributed by atoms with E-state index in [2.05, 4.69) is 61.0 Å². The number of halogens is 1. The minimum Gasteiger partial charge on any atom is -0.467 e. The molecule has 3 nitrogen and oxygen atoms in total. The van der Waals surface area contributed by atoms with Crippen LogP contribution in [-0.4, -0.2) is 25.3 Å². The molecule has 1 fully saturated rings. The highest BCUT2D eigenvalue weighted by molar-refractivity contribution is 9.08. The fourth-order valence-corrected chi connectivity index (χ4v) is 3.52. The van der Waals surface area contributed by atoms with E-state index in [4.69, 9.17) is 9.47 Å². The van der Waals surface area contributed by atoms with Crippen molar-refractivity contribution in [3.63, 3.8) is 0 Å². The monoisotopic (exact) mass is 368 g/mol. The lowest BCUT2D eigenvalue weighted by atomic mass is 9.75. The number of benzene rings is 1. The van der Waals surface area contributed by atoms with Crippen LogP contribution in [0.15, 0.2) is 24.3 Å². The van der Waals surface area contributed by atoms with E-state index in [1.807, 2.05) is 0 Å². The highest BCUT2D eigenvalue weighted by Gasteiger charge is 2.42. The Morgan fingerprint density at radius 3 is 2.23 bits per heavy atom. The molecule has 0 spiro atoms. The van der Waals surface area contributed by atoms with Gasteiger partial charge >= 0.3 is 5.97 Å². The maximum Gasteiger partial charge on any atom is 0.335 e. The third kappa shape index (κ3) is 3.72. The Morgan fingerprint density at radius 2 is 1.68 bits per heavy atom. The van der Waals surface area contributed by atoms with Crippen molar-refractivity contribution in [1.82, 2.24) is 0 Å². The van der Waals surface area contributed by atoms with E-state index in [0.29, 0.717) is 11.8 Å². The SMILES string of the molecule is COC(=O)C1O[C@@H](Cc2ccc(CBr)cc2)C(C)[C@@H](C)[C@@H]1C. The summed E-state index contributed by atoms with van der Waals surface area (Å²) in [6, 6.07) is 8.54. The van der Waals surface area contributed by atoms with Gasteiger partial charge in [0.2, 0.25) is 0 Å². The molecule has 2 unspecified atom stereocenters. The Bertz CT molecular complexity index is 500. The van der Waals surface area contributed by atoms with Gasteiger partial charge in [0, 0.05) is 5.33 Å². The van der Waals surface area contributed by atoms with E-state index >= 15 is 0 Å². The number of rotatable bonds is 4. The average Bonchev–Trinajstić information content (AvgIpc) is 2.55. The zero-order valence-corrected chi connectivity index (χ0v) is 15.3. The molecule has 1 aliphatic heterocycles. The first-order chi connectivity index (χ1) is 10.5. The summed E-state index contributed by atoms with van der Waals surface area (Å²) in [5, 5.41) is 0.864. The number of carbonyl (C=O) groups excluding carboxylic acids is 1. The molecule has 0 aromatic heterocycles. The van der Waals surface area contributed by atoms with E-state index in [-0.39, 0.29) is 18.0 Å². The molecule has 4 heteroatoms. The minimum absolute atomic E-state index is 0.0464. The number of esters is 1. The highest BCUT2D eigenvalue weighted by atomic mass is 79.9. The lowest BCUT2D eigenvalue weighted by molar-refractivity contribution is -0.181. The topological polar surface area (TPSA) is 35.5 Å². The molecular formula is C18H25BrO3. The predicted octanol–water partition coefficient (Wildman–Crippen LogP) is 3.97. The highest BCUT2D eigenvalue weighted by Crippen LogP contribution is 2.36. The van der Waals surface area contributed by atoms with Crippen molar-refractivity contribution < 1.29 is 14.3 Å². The molecule has 1 aromatic rings. The van der Waals surface area contributed by atoms with Crippen LogP contribution in [0.1, 0.15) is 31.9 Å². The van der Waals surface area contributed by atoms with E-state index in [0.717, 1.165) is 11.8 Å². The lowest BCUT2D eigenvalue weighted by Crippen LogP contribution is -2.49. The molecule has 122 valence electrons. The zero-order valence-electron chi connectivity index (χ0n) is 13.7. The number of carbonyl (C=O) groups is 1. The van der Waals surface area contributed by atoms with Gasteiger partial charge in [0.15, 0.2) is 6.10 Å². The van der Waals surface area contributed by atoms with Gasteiger partial charge < -0.3 is 9.47 Å². The largest absolute Gasteiger partial charge is 0.467 e. The van der Waals surface area contributed by atoms with Crippen LogP contribution in [0.4, 0.5) is 0 Å².